The fourth-order valence-electron chi connectivity index (χ4n) is 4.20. The van der Waals surface area contributed by atoms with Gasteiger partial charge < -0.3 is 15.2 Å². The number of phenolic OH excluding ortho intramolecular Hbond substituents is 1. The molecule has 0 saturated carbocycles. The van der Waals surface area contributed by atoms with Crippen LogP contribution in [-0.4, -0.2) is 46.4 Å². The average molecular weight is 396 g/mol. The Balaban J connectivity index is 1.53. The highest BCUT2D eigenvalue weighted by Crippen LogP contribution is 2.36. The molecule has 6 nitrogen and oxygen atoms in total. The highest BCUT2D eigenvalue weighted by molar-refractivity contribution is 5.78. The monoisotopic (exact) mass is 396 g/mol. The number of phenols is 1. The molecule has 152 valence electrons. The van der Waals surface area contributed by atoms with Crippen molar-refractivity contribution in [1.29, 1.82) is 0 Å². The SMILES string of the molecule is C=Nc1cc(-c2ccc(O[C@@H]3CC4CCCC(N4)[C@@H]3F)nn2)c(O)cc1/C=C\C. The summed E-state index contributed by atoms with van der Waals surface area (Å²) in [5, 5.41) is 22.0. The largest absolute Gasteiger partial charge is 0.507 e. The summed E-state index contributed by atoms with van der Waals surface area (Å²) in [4.78, 5) is 4.01. The highest BCUT2D eigenvalue weighted by atomic mass is 19.1. The molecule has 2 aliphatic rings. The van der Waals surface area contributed by atoms with Crippen LogP contribution in [0.5, 0.6) is 11.6 Å². The number of allylic oxidation sites excluding steroid dienone is 1. The van der Waals surface area contributed by atoms with Gasteiger partial charge >= 0.3 is 0 Å². The topological polar surface area (TPSA) is 79.6 Å². The van der Waals surface area contributed by atoms with Crippen LogP contribution < -0.4 is 10.1 Å². The predicted octanol–water partition coefficient (Wildman–Crippen LogP) is 4.21. The van der Waals surface area contributed by atoms with E-state index in [1.807, 2.05) is 19.1 Å². The molecule has 2 aliphatic heterocycles. The van der Waals surface area contributed by atoms with Gasteiger partial charge in [-0.2, -0.15) is 0 Å². The number of alkyl halides is 1. The minimum Gasteiger partial charge on any atom is -0.507 e. The lowest BCUT2D eigenvalue weighted by Gasteiger charge is -2.42. The van der Waals surface area contributed by atoms with Gasteiger partial charge in [0.15, 0.2) is 6.17 Å². The molecule has 2 aromatic rings. The number of piperidine rings is 2. The van der Waals surface area contributed by atoms with E-state index in [2.05, 4.69) is 27.2 Å². The first kappa shape index (κ1) is 19.5. The third-order valence-electron chi connectivity index (χ3n) is 5.62. The van der Waals surface area contributed by atoms with E-state index in [1.165, 1.54) is 0 Å². The zero-order valence-electron chi connectivity index (χ0n) is 16.4. The first-order valence-corrected chi connectivity index (χ1v) is 9.96. The molecule has 0 spiro atoms. The van der Waals surface area contributed by atoms with Crippen molar-refractivity contribution in [1.82, 2.24) is 15.5 Å². The first-order chi connectivity index (χ1) is 14.1. The number of benzene rings is 1. The molecule has 2 unspecified atom stereocenters. The van der Waals surface area contributed by atoms with Gasteiger partial charge in [0.2, 0.25) is 5.88 Å². The molecule has 2 N–H and O–H groups in total. The predicted molar refractivity (Wildman–Crippen MR) is 112 cm³/mol. The van der Waals surface area contributed by atoms with Crippen molar-refractivity contribution >= 4 is 18.5 Å². The number of nitrogens with zero attached hydrogens (tertiary/aromatic N) is 3. The van der Waals surface area contributed by atoms with E-state index in [1.54, 1.807) is 24.3 Å². The Kier molecular flexibility index (Phi) is 5.58. The molecule has 0 radical (unpaired) electrons. The Labute approximate surface area is 169 Å². The lowest BCUT2D eigenvalue weighted by atomic mass is 9.84. The maximum absolute atomic E-state index is 14.7. The number of rotatable bonds is 5. The summed E-state index contributed by atoms with van der Waals surface area (Å²) in [5.74, 6) is 0.358. The molecule has 3 heterocycles. The van der Waals surface area contributed by atoms with Gasteiger partial charge in [0, 0.05) is 35.7 Å². The van der Waals surface area contributed by atoms with Gasteiger partial charge in [-0.15, -0.1) is 10.2 Å². The lowest BCUT2D eigenvalue weighted by Crippen LogP contribution is -2.59. The van der Waals surface area contributed by atoms with Crippen LogP contribution in [0.2, 0.25) is 0 Å². The number of nitrogens with one attached hydrogen (secondary N) is 1. The van der Waals surface area contributed by atoms with E-state index in [4.69, 9.17) is 4.74 Å². The van der Waals surface area contributed by atoms with Crippen LogP contribution in [0.4, 0.5) is 10.1 Å². The smallest absolute Gasteiger partial charge is 0.233 e. The number of aliphatic imine (C=N–C) groups is 1. The summed E-state index contributed by atoms with van der Waals surface area (Å²) in [5.41, 5.74) is 2.38. The molecular formula is C22H25FN4O2. The second-order valence-corrected chi connectivity index (χ2v) is 7.58. The molecule has 4 atom stereocenters. The van der Waals surface area contributed by atoms with Crippen LogP contribution in [0.1, 0.15) is 38.2 Å². The summed E-state index contributed by atoms with van der Waals surface area (Å²) in [6.45, 7) is 5.47. The zero-order valence-corrected chi connectivity index (χ0v) is 16.4. The molecule has 0 aliphatic carbocycles. The third kappa shape index (κ3) is 4.00. The quantitative estimate of drug-likeness (QED) is 0.740. The number of aromatic hydroxyl groups is 1. The van der Waals surface area contributed by atoms with Crippen molar-refractivity contribution in [2.24, 2.45) is 4.99 Å². The van der Waals surface area contributed by atoms with Crippen LogP contribution in [-0.2, 0) is 0 Å². The van der Waals surface area contributed by atoms with Crippen molar-refractivity contribution in [3.05, 3.63) is 35.9 Å². The highest BCUT2D eigenvalue weighted by Gasteiger charge is 2.41. The van der Waals surface area contributed by atoms with Crippen molar-refractivity contribution in [3.63, 3.8) is 0 Å². The average Bonchev–Trinajstić information content (AvgIpc) is 2.73. The Bertz CT molecular complexity index is 916. The van der Waals surface area contributed by atoms with E-state index in [0.29, 0.717) is 29.4 Å². The number of hydrogen-bond donors (Lipinski definition) is 2. The maximum atomic E-state index is 14.7. The van der Waals surface area contributed by atoms with E-state index in [0.717, 1.165) is 24.8 Å². The van der Waals surface area contributed by atoms with E-state index < -0.39 is 12.3 Å². The summed E-state index contributed by atoms with van der Waals surface area (Å²) in [6, 6.07) is 6.86. The minimum absolute atomic E-state index is 0.0727. The number of halogens is 1. The van der Waals surface area contributed by atoms with E-state index in [9.17, 15) is 9.50 Å². The van der Waals surface area contributed by atoms with Crippen LogP contribution in [0.15, 0.2) is 35.3 Å². The van der Waals surface area contributed by atoms with E-state index in [-0.39, 0.29) is 17.7 Å². The minimum atomic E-state index is -1.06. The molecule has 0 amide bonds. The second-order valence-electron chi connectivity index (χ2n) is 7.58. The summed E-state index contributed by atoms with van der Waals surface area (Å²) in [6.07, 6.45) is 5.71. The van der Waals surface area contributed by atoms with Crippen LogP contribution in [0.25, 0.3) is 17.3 Å². The summed E-state index contributed by atoms with van der Waals surface area (Å²) < 4.78 is 20.5. The normalized spacial score (nSPS) is 26.4. The Morgan fingerprint density at radius 2 is 2.17 bits per heavy atom. The van der Waals surface area contributed by atoms with Crippen LogP contribution >= 0.6 is 0 Å². The molecule has 2 bridgehead atoms. The molecule has 2 saturated heterocycles. The fourth-order valence-corrected chi connectivity index (χ4v) is 4.20. The Morgan fingerprint density at radius 3 is 2.90 bits per heavy atom. The number of ether oxygens (including phenoxy) is 1. The van der Waals surface area contributed by atoms with Gasteiger partial charge in [-0.3, -0.25) is 4.99 Å². The molecule has 29 heavy (non-hydrogen) atoms. The number of aromatic nitrogens is 2. The molecule has 7 heteroatoms. The van der Waals surface area contributed by atoms with Gasteiger partial charge in [-0.1, -0.05) is 18.6 Å². The lowest BCUT2D eigenvalue weighted by molar-refractivity contribution is 0.00652. The molecule has 2 fully saturated rings. The maximum Gasteiger partial charge on any atom is 0.233 e. The van der Waals surface area contributed by atoms with Crippen LogP contribution in [0.3, 0.4) is 0 Å². The Morgan fingerprint density at radius 1 is 1.31 bits per heavy atom. The van der Waals surface area contributed by atoms with Crippen LogP contribution in [0, 0.1) is 0 Å². The van der Waals surface area contributed by atoms with Gasteiger partial charge in [-0.05, 0) is 44.7 Å². The first-order valence-electron chi connectivity index (χ1n) is 9.96. The van der Waals surface area contributed by atoms with Gasteiger partial charge in [-0.25, -0.2) is 4.39 Å². The van der Waals surface area contributed by atoms with Gasteiger partial charge in [0.05, 0.1) is 11.4 Å². The molecule has 4 rings (SSSR count). The Hall–Kier alpha value is -2.80. The van der Waals surface area contributed by atoms with Crippen molar-refractivity contribution in [2.75, 3.05) is 0 Å². The second kappa shape index (κ2) is 8.29. The summed E-state index contributed by atoms with van der Waals surface area (Å²) >= 11 is 0. The fraction of sp³-hybridized carbons (Fsp3) is 0.409. The van der Waals surface area contributed by atoms with E-state index >= 15 is 0 Å². The number of fused-ring (bicyclic) bond motifs is 2. The standard InChI is InChI=1S/C22H25FN4O2/c1-3-5-13-10-19(28)15(12-18(13)24-2)16-8-9-21(27-26-16)29-20-11-14-6-4-7-17(25-14)22(20)23/h3,5,8-10,12,14,17,20,22,25,28H,2,4,6-7,11H2,1H3/b5-3-/t14?,17?,20-,22+/m1/s1. The molecule has 1 aromatic heterocycles. The van der Waals surface area contributed by atoms with Crippen molar-refractivity contribution < 1.29 is 14.2 Å². The number of hydrogen-bond acceptors (Lipinski definition) is 6. The van der Waals surface area contributed by atoms with Gasteiger partial charge in [0.1, 0.15) is 11.9 Å². The third-order valence-corrected chi connectivity index (χ3v) is 5.62. The zero-order chi connectivity index (χ0) is 20.4. The van der Waals surface area contributed by atoms with Crippen molar-refractivity contribution in [2.45, 2.75) is 57.0 Å². The van der Waals surface area contributed by atoms with Gasteiger partial charge in [0.25, 0.3) is 0 Å². The summed E-state index contributed by atoms with van der Waals surface area (Å²) in [7, 11) is 0. The molecular weight excluding hydrogens is 371 g/mol. The molecule has 1 aromatic carbocycles. The van der Waals surface area contributed by atoms with Crippen molar-refractivity contribution in [3.8, 4) is 22.9 Å².